The fraction of sp³-hybridized carbons (Fsp3) is 0. The molecule has 0 aliphatic rings. The summed E-state index contributed by atoms with van der Waals surface area (Å²) in [6, 6.07) is 13.1. The molecule has 0 N–H and O–H groups in total. The van der Waals surface area contributed by atoms with Crippen LogP contribution in [0.4, 0.5) is 0 Å². The number of rotatable bonds is 4. The van der Waals surface area contributed by atoms with Crippen LogP contribution in [0.1, 0.15) is 21.9 Å². The van der Waals surface area contributed by atoms with Crippen LogP contribution in [-0.2, 0) is 0 Å². The summed E-state index contributed by atoms with van der Waals surface area (Å²) >= 11 is 0. The van der Waals surface area contributed by atoms with Gasteiger partial charge in [-0.15, -0.1) is 0 Å². The summed E-state index contributed by atoms with van der Waals surface area (Å²) in [5, 5.41) is 2.18. The van der Waals surface area contributed by atoms with E-state index < -0.39 is 89.7 Å². The molecule has 0 fully saturated rings. The first-order valence-electron chi connectivity index (χ1n) is 22.1. The molecule has 0 spiro atoms. The van der Waals surface area contributed by atoms with Crippen molar-refractivity contribution < 1.29 is 26.3 Å². The van der Waals surface area contributed by atoms with Crippen LogP contribution in [0.2, 0.25) is 0 Å². The topological polar surface area (TPSA) is 13.1 Å². The van der Waals surface area contributed by atoms with Crippen molar-refractivity contribution in [3.63, 3.8) is 0 Å². The largest absolute Gasteiger partial charge is 0.456 e. The van der Waals surface area contributed by atoms with Gasteiger partial charge in [0.1, 0.15) is 11.2 Å². The van der Waals surface area contributed by atoms with Gasteiger partial charge >= 0.3 is 0 Å². The quantitative estimate of drug-likeness (QED) is 0.186. The van der Waals surface area contributed by atoms with Crippen LogP contribution in [0.15, 0.2) is 174 Å². The Kier molecular flexibility index (Phi) is 3.28. The number of fused-ring (bicyclic) bond motifs is 5. The van der Waals surface area contributed by atoms with Gasteiger partial charge in [0.05, 0.1) is 21.9 Å². The van der Waals surface area contributed by atoms with E-state index in [2.05, 4.69) is 0 Å². The highest BCUT2D eigenvalue weighted by molar-refractivity contribution is 6.22. The van der Waals surface area contributed by atoms with Crippen LogP contribution in [0, 0.1) is 0 Å². The zero-order valence-electron chi connectivity index (χ0n) is 39.3. The van der Waals surface area contributed by atoms with Gasteiger partial charge in [0.15, 0.2) is 0 Å². The van der Waals surface area contributed by atoms with Gasteiger partial charge in [-0.05, 0) is 96.3 Å². The molecule has 0 atom stereocenters. The standard InChI is InChI=1S/C44H28O/c1-3-12-29(13-4-1)31-16-11-17-33(26-31)43-37-18-7-9-20-39(37)44(40-21-10-8-19-38(40)43)34-23-25-36-35-24-22-32(30-14-5-2-6-15-30)27-41(35)45-42(36)28-34/h1-28H/i1D,2D,3D,4D,5D,6D,12D,13D,14D,15D,22D,23D,24D,25D,27D,28D. The predicted octanol–water partition coefficient (Wildman–Crippen LogP) is 12.6. The highest BCUT2D eigenvalue weighted by atomic mass is 16.3. The second-order valence-corrected chi connectivity index (χ2v) is 10.4. The number of furan rings is 1. The molecule has 1 heterocycles. The Hall–Kier alpha value is -5.92. The maximum Gasteiger partial charge on any atom is 0.136 e. The lowest BCUT2D eigenvalue weighted by atomic mass is 9.85. The van der Waals surface area contributed by atoms with Crippen LogP contribution >= 0.6 is 0 Å². The van der Waals surface area contributed by atoms with Crippen molar-refractivity contribution in [1.82, 2.24) is 0 Å². The molecule has 0 aliphatic heterocycles. The molecule has 0 radical (unpaired) electrons. The lowest BCUT2D eigenvalue weighted by Crippen LogP contribution is -1.91. The zero-order valence-corrected chi connectivity index (χ0v) is 23.3. The molecule has 0 aliphatic carbocycles. The van der Waals surface area contributed by atoms with Crippen molar-refractivity contribution >= 4 is 43.5 Å². The average molecular weight is 589 g/mol. The van der Waals surface area contributed by atoms with Crippen molar-refractivity contribution in [3.05, 3.63) is 169 Å². The predicted molar refractivity (Wildman–Crippen MR) is 190 cm³/mol. The van der Waals surface area contributed by atoms with Crippen molar-refractivity contribution in [1.29, 1.82) is 0 Å². The summed E-state index contributed by atoms with van der Waals surface area (Å²) in [6.45, 7) is 0. The van der Waals surface area contributed by atoms with Crippen LogP contribution in [-0.4, -0.2) is 0 Å². The van der Waals surface area contributed by atoms with Gasteiger partial charge in [0.2, 0.25) is 0 Å². The number of benzene rings is 8. The zero-order chi connectivity index (χ0) is 43.7. The molecule has 8 aromatic carbocycles. The molecule has 1 nitrogen and oxygen atoms in total. The Morgan fingerprint density at radius 1 is 0.356 bits per heavy atom. The molecular formula is C44H28O. The third kappa shape index (κ3) is 4.24. The molecule has 1 aromatic heterocycles. The third-order valence-corrected chi connectivity index (χ3v) is 7.88. The van der Waals surface area contributed by atoms with Gasteiger partial charge < -0.3 is 4.42 Å². The summed E-state index contributed by atoms with van der Waals surface area (Å²) in [5.74, 6) is 0. The maximum atomic E-state index is 9.61. The molecule has 0 saturated carbocycles. The fourth-order valence-electron chi connectivity index (χ4n) is 5.94. The number of hydrogen-bond donors (Lipinski definition) is 0. The van der Waals surface area contributed by atoms with Gasteiger partial charge in [0.25, 0.3) is 0 Å². The summed E-state index contributed by atoms with van der Waals surface area (Å²) in [6.07, 6.45) is 0. The van der Waals surface area contributed by atoms with E-state index in [4.69, 9.17) is 22.2 Å². The molecule has 1 heteroatoms. The van der Waals surface area contributed by atoms with Crippen molar-refractivity contribution in [3.8, 4) is 44.5 Å². The van der Waals surface area contributed by atoms with Gasteiger partial charge in [0, 0.05) is 10.8 Å². The molecule has 45 heavy (non-hydrogen) atoms. The lowest BCUT2D eigenvalue weighted by Gasteiger charge is -2.18. The normalized spacial score (nSPS) is 16.5. The lowest BCUT2D eigenvalue weighted by molar-refractivity contribution is 0.669. The van der Waals surface area contributed by atoms with Crippen LogP contribution in [0.3, 0.4) is 0 Å². The highest BCUT2D eigenvalue weighted by Crippen LogP contribution is 2.45. The summed E-state index contributed by atoms with van der Waals surface area (Å²) in [7, 11) is 0. The van der Waals surface area contributed by atoms with E-state index in [1.54, 1.807) is 30.3 Å². The molecule has 0 unspecified atom stereocenters. The van der Waals surface area contributed by atoms with E-state index in [1.807, 2.05) is 42.5 Å². The monoisotopic (exact) mass is 588 g/mol. The van der Waals surface area contributed by atoms with E-state index in [1.165, 1.54) is 0 Å². The minimum Gasteiger partial charge on any atom is -0.456 e. The first-order valence-corrected chi connectivity index (χ1v) is 14.1. The van der Waals surface area contributed by atoms with Gasteiger partial charge in [-0.2, -0.15) is 0 Å². The number of hydrogen-bond acceptors (Lipinski definition) is 1. The Morgan fingerprint density at radius 3 is 1.40 bits per heavy atom. The van der Waals surface area contributed by atoms with Crippen molar-refractivity contribution in [2.45, 2.75) is 0 Å². The molecule has 9 aromatic rings. The van der Waals surface area contributed by atoms with Crippen molar-refractivity contribution in [2.24, 2.45) is 0 Å². The Morgan fingerprint density at radius 2 is 0.822 bits per heavy atom. The summed E-state index contributed by atoms with van der Waals surface area (Å²) < 4.78 is 145. The van der Waals surface area contributed by atoms with Gasteiger partial charge in [-0.25, -0.2) is 0 Å². The van der Waals surface area contributed by atoms with E-state index >= 15 is 0 Å². The summed E-state index contributed by atoms with van der Waals surface area (Å²) in [5.41, 5.74) is 0.751. The van der Waals surface area contributed by atoms with Crippen LogP contribution < -0.4 is 0 Å². The van der Waals surface area contributed by atoms with Crippen molar-refractivity contribution in [2.75, 3.05) is 0 Å². The van der Waals surface area contributed by atoms with E-state index in [-0.39, 0.29) is 51.2 Å². The molecule has 9 rings (SSSR count). The van der Waals surface area contributed by atoms with E-state index in [0.29, 0.717) is 38.2 Å². The molecule has 210 valence electrons. The highest BCUT2D eigenvalue weighted by Gasteiger charge is 2.18. The second-order valence-electron chi connectivity index (χ2n) is 10.4. The van der Waals surface area contributed by atoms with E-state index in [0.717, 1.165) is 5.56 Å². The second kappa shape index (κ2) is 10.4. The van der Waals surface area contributed by atoms with Crippen LogP contribution in [0.25, 0.3) is 88.0 Å². The first kappa shape index (κ1) is 14.2. The minimum absolute atomic E-state index is 0.0124. The molecule has 0 amide bonds. The third-order valence-electron chi connectivity index (χ3n) is 7.88. The first-order chi connectivity index (χ1) is 29.0. The van der Waals surface area contributed by atoms with Gasteiger partial charge in [-0.1, -0.05) is 139 Å². The van der Waals surface area contributed by atoms with Crippen LogP contribution in [0.5, 0.6) is 0 Å². The molecule has 0 saturated heterocycles. The molecule has 0 bridgehead atoms. The molecular weight excluding hydrogens is 544 g/mol. The Labute approximate surface area is 284 Å². The Bertz CT molecular complexity index is 3330. The fourth-order valence-corrected chi connectivity index (χ4v) is 5.94. The smallest absolute Gasteiger partial charge is 0.136 e. The van der Waals surface area contributed by atoms with Gasteiger partial charge in [-0.3, -0.25) is 0 Å². The summed E-state index contributed by atoms with van der Waals surface area (Å²) in [4.78, 5) is 0. The average Bonchev–Trinajstić information content (AvgIpc) is 3.68. The Balaban J connectivity index is 1.34. The van der Waals surface area contributed by atoms with E-state index in [9.17, 15) is 4.11 Å². The minimum atomic E-state index is -0.691. The maximum absolute atomic E-state index is 9.61. The SMILES string of the molecule is [2H]c1c([2H])c([2H])c(-c2cccc(-c3c4ccccc4c(-c4c([2H])c([2H])c5c(oc6c([2H])c(-c7c([2H])c([2H])c([2H])c([2H])c7[2H])c([2H])c([2H])c65)c4[2H])c4ccccc34)c2)c([2H])c1[2H].